The van der Waals surface area contributed by atoms with Crippen LogP contribution < -0.4 is 10.9 Å². The van der Waals surface area contributed by atoms with Crippen molar-refractivity contribution in [1.29, 1.82) is 0 Å². The third-order valence-electron chi connectivity index (χ3n) is 4.09. The number of aromatic hydroxyl groups is 1. The lowest BCUT2D eigenvalue weighted by atomic mass is 10.2. The van der Waals surface area contributed by atoms with Gasteiger partial charge in [-0.1, -0.05) is 54.3 Å². The largest absolute Gasteiger partial charge is 0.507 e. The summed E-state index contributed by atoms with van der Waals surface area (Å²) in [4.78, 5) is 38.0. The van der Waals surface area contributed by atoms with E-state index in [2.05, 4.69) is 10.9 Å². The van der Waals surface area contributed by atoms with Crippen LogP contribution in [0.25, 0.3) is 6.08 Å². The first kappa shape index (κ1) is 21.5. The zero-order valence-electron chi connectivity index (χ0n) is 15.4. The van der Waals surface area contributed by atoms with Crippen LogP contribution in [-0.4, -0.2) is 38.6 Å². The van der Waals surface area contributed by atoms with E-state index in [0.717, 1.165) is 11.8 Å². The van der Waals surface area contributed by atoms with Crippen molar-refractivity contribution >= 4 is 52.1 Å². The Morgan fingerprint density at radius 3 is 2.57 bits per heavy atom. The Morgan fingerprint density at radius 1 is 1.13 bits per heavy atom. The maximum Gasteiger partial charge on any atom is 0.273 e. The van der Waals surface area contributed by atoms with E-state index >= 15 is 0 Å². The zero-order chi connectivity index (χ0) is 21.7. The number of amides is 3. The molecule has 0 aliphatic carbocycles. The molecule has 1 fully saturated rings. The van der Waals surface area contributed by atoms with Crippen LogP contribution in [0.1, 0.15) is 22.3 Å². The molecule has 0 saturated carbocycles. The Morgan fingerprint density at radius 2 is 1.83 bits per heavy atom. The Balaban J connectivity index is 1.54. The van der Waals surface area contributed by atoms with Crippen LogP contribution in [0.15, 0.2) is 53.4 Å². The second-order valence-corrected chi connectivity index (χ2v) is 7.80. The summed E-state index contributed by atoms with van der Waals surface area (Å²) in [6, 6.07) is 11.9. The molecule has 0 unspecified atom stereocenters. The number of rotatable bonds is 5. The predicted octanol–water partition coefficient (Wildman–Crippen LogP) is 2.58. The van der Waals surface area contributed by atoms with Crippen molar-refractivity contribution in [3.63, 3.8) is 0 Å². The van der Waals surface area contributed by atoms with Gasteiger partial charge in [0.05, 0.1) is 10.5 Å². The van der Waals surface area contributed by atoms with E-state index in [-0.39, 0.29) is 39.1 Å². The molecule has 3 amide bonds. The third kappa shape index (κ3) is 5.02. The van der Waals surface area contributed by atoms with Crippen molar-refractivity contribution in [1.82, 2.24) is 15.8 Å². The fourth-order valence-electron chi connectivity index (χ4n) is 2.56. The van der Waals surface area contributed by atoms with Crippen molar-refractivity contribution < 1.29 is 23.9 Å². The smallest absolute Gasteiger partial charge is 0.273 e. The normalized spacial score (nSPS) is 14.8. The number of nitrogens with zero attached hydrogens (tertiary/aromatic N) is 1. The van der Waals surface area contributed by atoms with Crippen molar-refractivity contribution in [3.8, 4) is 5.75 Å². The zero-order valence-corrected chi connectivity index (χ0v) is 17.1. The van der Waals surface area contributed by atoms with E-state index in [4.69, 9.17) is 12.2 Å². The Labute approximate surface area is 180 Å². The van der Waals surface area contributed by atoms with Gasteiger partial charge in [0, 0.05) is 18.5 Å². The first-order chi connectivity index (χ1) is 14.4. The summed E-state index contributed by atoms with van der Waals surface area (Å²) >= 11 is 6.21. The van der Waals surface area contributed by atoms with E-state index in [1.807, 2.05) is 0 Å². The van der Waals surface area contributed by atoms with Crippen LogP contribution >= 0.6 is 24.0 Å². The third-order valence-corrected chi connectivity index (χ3v) is 5.47. The van der Waals surface area contributed by atoms with Gasteiger partial charge < -0.3 is 5.11 Å². The van der Waals surface area contributed by atoms with Gasteiger partial charge in [-0.2, -0.15) is 0 Å². The number of hydrazine groups is 1. The van der Waals surface area contributed by atoms with Crippen molar-refractivity contribution in [2.24, 2.45) is 0 Å². The van der Waals surface area contributed by atoms with Gasteiger partial charge in [0.15, 0.2) is 0 Å². The molecule has 154 valence electrons. The molecular weight excluding hydrogens is 429 g/mol. The van der Waals surface area contributed by atoms with E-state index in [1.165, 1.54) is 29.2 Å². The van der Waals surface area contributed by atoms with E-state index in [1.54, 1.807) is 30.3 Å². The van der Waals surface area contributed by atoms with Crippen LogP contribution in [0.5, 0.6) is 5.75 Å². The maximum absolute atomic E-state index is 13.8. The van der Waals surface area contributed by atoms with E-state index in [0.29, 0.717) is 0 Å². The van der Waals surface area contributed by atoms with Gasteiger partial charge in [0.1, 0.15) is 15.9 Å². The SMILES string of the molecule is O=C(CCN1C(=O)C(=Cc2ccccc2F)SC1=S)NNC(=O)c1ccccc1O. The molecule has 30 heavy (non-hydrogen) atoms. The molecule has 2 aromatic carbocycles. The van der Waals surface area contributed by atoms with Gasteiger partial charge in [0.2, 0.25) is 5.91 Å². The quantitative estimate of drug-likeness (QED) is 0.372. The van der Waals surface area contributed by atoms with Gasteiger partial charge in [-0.25, -0.2) is 4.39 Å². The molecule has 3 N–H and O–H groups in total. The molecule has 0 atom stereocenters. The molecule has 3 rings (SSSR count). The molecule has 1 aliphatic heterocycles. The first-order valence-corrected chi connectivity index (χ1v) is 9.96. The topological polar surface area (TPSA) is 98.7 Å². The number of para-hydroxylation sites is 1. The highest BCUT2D eigenvalue weighted by Gasteiger charge is 2.32. The van der Waals surface area contributed by atoms with Crippen LogP contribution in [0.3, 0.4) is 0 Å². The summed E-state index contributed by atoms with van der Waals surface area (Å²) in [6.07, 6.45) is 1.29. The number of hydrogen-bond acceptors (Lipinski definition) is 6. The van der Waals surface area contributed by atoms with Crippen molar-refractivity contribution in [2.75, 3.05) is 6.54 Å². The molecule has 1 heterocycles. The number of thiocarbonyl (C=S) groups is 1. The number of carbonyl (C=O) groups is 3. The lowest BCUT2D eigenvalue weighted by Crippen LogP contribution is -2.43. The fourth-order valence-corrected chi connectivity index (χ4v) is 3.86. The number of benzene rings is 2. The first-order valence-electron chi connectivity index (χ1n) is 8.74. The van der Waals surface area contributed by atoms with Gasteiger partial charge in [-0.15, -0.1) is 0 Å². The molecule has 1 aliphatic rings. The number of hydrogen-bond donors (Lipinski definition) is 3. The summed E-state index contributed by atoms with van der Waals surface area (Å²) in [5.74, 6) is -2.32. The highest BCUT2D eigenvalue weighted by molar-refractivity contribution is 8.26. The molecule has 0 spiro atoms. The van der Waals surface area contributed by atoms with Crippen LogP contribution in [0.2, 0.25) is 0 Å². The van der Waals surface area contributed by atoms with Crippen LogP contribution in [0, 0.1) is 5.82 Å². The number of halogens is 1. The van der Waals surface area contributed by atoms with Crippen LogP contribution in [0.4, 0.5) is 4.39 Å². The average molecular weight is 445 g/mol. The molecule has 7 nitrogen and oxygen atoms in total. The highest BCUT2D eigenvalue weighted by atomic mass is 32.2. The number of phenolic OH excluding ortho intramolecular Hbond substituents is 1. The number of nitrogens with one attached hydrogen (secondary N) is 2. The average Bonchev–Trinajstić information content (AvgIpc) is 2.99. The lowest BCUT2D eigenvalue weighted by molar-refractivity contribution is -0.124. The number of carbonyl (C=O) groups excluding carboxylic acids is 3. The number of thioether (sulfide) groups is 1. The molecular formula is C20H16FN3O4S2. The second kappa shape index (κ2) is 9.51. The van der Waals surface area contributed by atoms with Crippen LogP contribution in [-0.2, 0) is 9.59 Å². The standard InChI is InChI=1S/C20H16FN3O4S2/c21-14-7-3-1-5-12(14)11-16-19(28)24(20(29)30-16)10-9-17(26)22-23-18(27)13-6-2-4-8-15(13)25/h1-8,11,25H,9-10H2,(H,22,26)(H,23,27). The molecule has 0 bridgehead atoms. The van der Waals surface area contributed by atoms with E-state index in [9.17, 15) is 23.9 Å². The minimum atomic E-state index is -0.681. The van der Waals surface area contributed by atoms with Gasteiger partial charge in [0.25, 0.3) is 11.8 Å². The van der Waals surface area contributed by atoms with Gasteiger partial charge in [-0.05, 0) is 24.3 Å². The Hall–Kier alpha value is -3.24. The molecule has 0 radical (unpaired) electrons. The predicted molar refractivity (Wildman–Crippen MR) is 115 cm³/mol. The summed E-state index contributed by atoms with van der Waals surface area (Å²) in [6.45, 7) is -0.00241. The minimum absolute atomic E-state index is 0.00241. The van der Waals surface area contributed by atoms with Gasteiger partial charge in [-0.3, -0.25) is 30.1 Å². The summed E-state index contributed by atoms with van der Waals surface area (Å²) in [5, 5.41) is 9.64. The fraction of sp³-hybridized carbons (Fsp3) is 0.100. The van der Waals surface area contributed by atoms with E-state index < -0.39 is 23.5 Å². The van der Waals surface area contributed by atoms with Gasteiger partial charge >= 0.3 is 0 Å². The van der Waals surface area contributed by atoms with Crippen molar-refractivity contribution in [3.05, 3.63) is 70.4 Å². The van der Waals surface area contributed by atoms with Crippen molar-refractivity contribution in [2.45, 2.75) is 6.42 Å². The monoisotopic (exact) mass is 445 g/mol. The highest BCUT2D eigenvalue weighted by Crippen LogP contribution is 2.32. The number of phenols is 1. The molecule has 1 saturated heterocycles. The molecule has 10 heteroatoms. The molecule has 0 aromatic heterocycles. The minimum Gasteiger partial charge on any atom is -0.507 e. The maximum atomic E-state index is 13.8. The Bertz CT molecular complexity index is 1060. The second-order valence-electron chi connectivity index (χ2n) is 6.12. The summed E-state index contributed by atoms with van der Waals surface area (Å²) in [5.41, 5.74) is 4.68. The molecule has 2 aromatic rings. The Kier molecular flexibility index (Phi) is 6.80. The summed E-state index contributed by atoms with van der Waals surface area (Å²) in [7, 11) is 0. The lowest BCUT2D eigenvalue weighted by Gasteiger charge is -2.14. The summed E-state index contributed by atoms with van der Waals surface area (Å²) < 4.78 is 14.1.